The molecule has 0 unspecified atom stereocenters. The summed E-state index contributed by atoms with van der Waals surface area (Å²) in [5.74, 6) is -3.14. The summed E-state index contributed by atoms with van der Waals surface area (Å²) in [6.45, 7) is 4.93. The number of carbonyl (C=O) groups is 3. The van der Waals surface area contributed by atoms with Crippen molar-refractivity contribution in [2.45, 2.75) is 33.1 Å². The fourth-order valence-corrected chi connectivity index (χ4v) is 3.32. The maximum Gasteiger partial charge on any atom is 1.00 e. The van der Waals surface area contributed by atoms with Gasteiger partial charge in [0.05, 0.1) is 12.1 Å². The third-order valence-corrected chi connectivity index (χ3v) is 4.83. The van der Waals surface area contributed by atoms with E-state index in [1.807, 2.05) is 0 Å². The van der Waals surface area contributed by atoms with Crippen LogP contribution in [0.25, 0.3) is 0 Å². The van der Waals surface area contributed by atoms with Gasteiger partial charge >= 0.3 is 51.4 Å². The van der Waals surface area contributed by atoms with Crippen molar-refractivity contribution in [1.82, 2.24) is 10.2 Å². The van der Waals surface area contributed by atoms with Gasteiger partial charge in [-0.05, 0) is 19.1 Å². The smallest absolute Gasteiger partial charge is 0.543 e. The zero-order chi connectivity index (χ0) is 19.9. The van der Waals surface area contributed by atoms with Crippen LogP contribution in [0.2, 0.25) is 0 Å². The number of fused-ring (bicyclic) bond motifs is 1. The van der Waals surface area contributed by atoms with Crippen molar-refractivity contribution in [1.29, 1.82) is 0 Å². The minimum atomic E-state index is -1.53. The van der Waals surface area contributed by atoms with E-state index in [1.54, 1.807) is 44.2 Å². The number of hydrogen-bond donors (Lipinski definition) is 2. The molecule has 0 bridgehead atoms. The van der Waals surface area contributed by atoms with Crippen LogP contribution in [0.4, 0.5) is 0 Å². The molecule has 0 spiro atoms. The summed E-state index contributed by atoms with van der Waals surface area (Å²) >= 11 is 0. The molecule has 3 atom stereocenters. The molecule has 0 radical (unpaired) electrons. The van der Waals surface area contributed by atoms with Gasteiger partial charge in [-0.3, -0.25) is 14.5 Å². The third kappa shape index (κ3) is 4.05. The van der Waals surface area contributed by atoms with Crippen LogP contribution in [0, 0.1) is 11.3 Å². The second-order valence-electron chi connectivity index (χ2n) is 7.38. The molecule has 0 aromatic heterocycles. The Morgan fingerprint density at radius 2 is 1.93 bits per heavy atom. The van der Waals surface area contributed by atoms with Crippen molar-refractivity contribution in [3.05, 3.63) is 47.4 Å². The molecule has 144 valence electrons. The number of aliphatic hydroxyl groups is 1. The van der Waals surface area contributed by atoms with Gasteiger partial charge in [-0.25, -0.2) is 0 Å². The molecule has 3 rings (SSSR count). The van der Waals surface area contributed by atoms with E-state index in [4.69, 9.17) is 4.74 Å². The molecule has 0 saturated carbocycles. The van der Waals surface area contributed by atoms with Gasteiger partial charge < -0.3 is 25.1 Å². The van der Waals surface area contributed by atoms with Crippen molar-refractivity contribution >= 4 is 17.8 Å². The number of rotatable bonds is 6. The number of nitrogens with one attached hydrogen (secondary N) is 1. The summed E-state index contributed by atoms with van der Waals surface area (Å²) in [7, 11) is 0. The van der Waals surface area contributed by atoms with Crippen LogP contribution in [0.15, 0.2) is 41.8 Å². The average Bonchev–Trinajstić information content (AvgIpc) is 2.96. The number of aliphatic carboxylic acids is 1. The number of amides is 2. The predicted molar refractivity (Wildman–Crippen MR) is 91.5 cm³/mol. The summed E-state index contributed by atoms with van der Waals surface area (Å²) < 4.78 is 5.73. The Morgan fingerprint density at radius 1 is 1.32 bits per heavy atom. The van der Waals surface area contributed by atoms with E-state index in [-0.39, 0.29) is 75.3 Å². The van der Waals surface area contributed by atoms with Crippen LogP contribution in [0.5, 0.6) is 0 Å². The zero-order valence-electron chi connectivity index (χ0n) is 16.3. The van der Waals surface area contributed by atoms with Crippen molar-refractivity contribution < 1.29 is 80.7 Å². The number of carboxylic acids is 1. The van der Waals surface area contributed by atoms with Gasteiger partial charge in [0.15, 0.2) is 6.23 Å². The van der Waals surface area contributed by atoms with E-state index in [0.29, 0.717) is 5.56 Å². The monoisotopic (exact) mass is 412 g/mol. The molecule has 28 heavy (non-hydrogen) atoms. The Hall–Kier alpha value is -1.23. The number of aliphatic hydroxyl groups excluding tert-OH is 1. The summed E-state index contributed by atoms with van der Waals surface area (Å²) in [4.78, 5) is 37.1. The number of nitrogens with zero attached hydrogens (tertiary/aromatic N) is 1. The summed E-state index contributed by atoms with van der Waals surface area (Å²) in [6.07, 6.45) is -1.84. The Morgan fingerprint density at radius 3 is 2.46 bits per heavy atom. The Balaban J connectivity index is 0.00000280. The van der Waals surface area contributed by atoms with Gasteiger partial charge in [0.2, 0.25) is 5.91 Å². The third-order valence-electron chi connectivity index (χ3n) is 4.83. The van der Waals surface area contributed by atoms with Crippen LogP contribution in [0.1, 0.15) is 31.1 Å². The summed E-state index contributed by atoms with van der Waals surface area (Å²) in [6, 6.07) is 8.60. The number of hydrogen-bond acceptors (Lipinski definition) is 6. The number of carboxylic acid groups (broad SMARTS) is 1. The van der Waals surface area contributed by atoms with Gasteiger partial charge in [0.1, 0.15) is 17.4 Å². The quantitative estimate of drug-likeness (QED) is 0.371. The molecule has 2 amide bonds. The molecule has 9 heteroatoms. The fourth-order valence-electron chi connectivity index (χ4n) is 3.32. The maximum absolute atomic E-state index is 12.3. The number of carbonyl (C=O) groups excluding carboxylic acids is 3. The Kier molecular flexibility index (Phi) is 7.11. The molecule has 2 aliphatic heterocycles. The minimum absolute atomic E-state index is 0. The standard InChI is InChI=1S/C19H22N2O6.K/c1-10(22)12-16(24)21-13(18(25)26)14(27-17(12)21)19(2,3)9-20-15(23)11-7-5-4-6-8-11;/h4-8,10,12,17,22H,9H2,1-3H3,(H,20,23)(H,25,26);/q;+1/p-1/t10-,12+,17-;/m1./s1. The topological polar surface area (TPSA) is 119 Å². The van der Waals surface area contributed by atoms with Gasteiger partial charge in [-0.2, -0.15) is 0 Å². The first-order chi connectivity index (χ1) is 12.6. The van der Waals surface area contributed by atoms with Gasteiger partial charge in [0.25, 0.3) is 5.91 Å². The van der Waals surface area contributed by atoms with E-state index in [0.717, 1.165) is 4.90 Å². The molecule has 1 aromatic rings. The first-order valence-electron chi connectivity index (χ1n) is 8.62. The van der Waals surface area contributed by atoms with Crippen LogP contribution < -0.4 is 61.8 Å². The number of β-lactam (4-membered cyclic amide) rings is 1. The number of ether oxygens (including phenoxy) is 1. The predicted octanol–water partition coefficient (Wildman–Crippen LogP) is -3.40. The van der Waals surface area contributed by atoms with Crippen LogP contribution in [0.3, 0.4) is 0 Å². The van der Waals surface area contributed by atoms with Gasteiger partial charge in [-0.15, -0.1) is 0 Å². The Labute approximate surface area is 205 Å². The number of benzene rings is 1. The summed E-state index contributed by atoms with van der Waals surface area (Å²) in [5, 5.41) is 24.1. The molecule has 2 N–H and O–H groups in total. The van der Waals surface area contributed by atoms with Crippen LogP contribution >= 0.6 is 0 Å². The van der Waals surface area contributed by atoms with Crippen molar-refractivity contribution in [3.8, 4) is 0 Å². The minimum Gasteiger partial charge on any atom is -0.543 e. The molecule has 2 aliphatic rings. The van der Waals surface area contributed by atoms with Crippen molar-refractivity contribution in [2.75, 3.05) is 6.54 Å². The Bertz CT molecular complexity index is 821. The van der Waals surface area contributed by atoms with E-state index in [9.17, 15) is 24.6 Å². The largest absolute Gasteiger partial charge is 1.00 e. The van der Waals surface area contributed by atoms with E-state index < -0.39 is 35.5 Å². The van der Waals surface area contributed by atoms with Crippen molar-refractivity contribution in [3.63, 3.8) is 0 Å². The maximum atomic E-state index is 12.3. The van der Waals surface area contributed by atoms with Gasteiger partial charge in [0, 0.05) is 17.5 Å². The SMILES string of the molecule is C[C@@H](O)[C@H]1C(=O)N2C(C(=O)[O-])=C(C(C)(C)CNC(=O)c3ccccc3)O[C@H]12.[K+]. The second-order valence-corrected chi connectivity index (χ2v) is 7.38. The molecule has 2 heterocycles. The van der Waals surface area contributed by atoms with E-state index in [1.165, 1.54) is 6.92 Å². The molecule has 1 aromatic carbocycles. The average molecular weight is 412 g/mol. The molecule has 1 saturated heterocycles. The first-order valence-corrected chi connectivity index (χ1v) is 8.62. The summed E-state index contributed by atoms with van der Waals surface area (Å²) in [5.41, 5.74) is -0.787. The van der Waals surface area contributed by atoms with E-state index >= 15 is 0 Å². The molecule has 0 aliphatic carbocycles. The normalized spacial score (nSPS) is 21.9. The molecule has 8 nitrogen and oxygen atoms in total. The van der Waals surface area contributed by atoms with Gasteiger partial charge in [-0.1, -0.05) is 32.0 Å². The molecular formula is C19H21KN2O6. The van der Waals surface area contributed by atoms with Crippen LogP contribution in [-0.2, 0) is 14.3 Å². The molecular weight excluding hydrogens is 391 g/mol. The first kappa shape index (κ1) is 23.0. The van der Waals surface area contributed by atoms with E-state index in [2.05, 4.69) is 5.32 Å². The second kappa shape index (κ2) is 8.64. The van der Waals surface area contributed by atoms with Crippen molar-refractivity contribution in [2.24, 2.45) is 11.3 Å². The fraction of sp³-hybridized carbons (Fsp3) is 0.421. The molecule has 1 fully saturated rings. The van der Waals surface area contributed by atoms with Crippen LogP contribution in [-0.4, -0.2) is 46.7 Å². The zero-order valence-corrected chi connectivity index (χ0v) is 19.4.